The first kappa shape index (κ1) is 20.7. The molecular weight excluding hydrogens is 304 g/mol. The van der Waals surface area contributed by atoms with Crippen LogP contribution < -0.4 is 0 Å². The van der Waals surface area contributed by atoms with Crippen molar-refractivity contribution in [2.45, 2.75) is 84.0 Å². The highest BCUT2D eigenvalue weighted by atomic mass is 16.5. The molecule has 1 aliphatic carbocycles. The van der Waals surface area contributed by atoms with Gasteiger partial charge < -0.3 is 9.84 Å². The highest BCUT2D eigenvalue weighted by Gasteiger charge is 2.36. The number of carbonyl (C=O) groups excluding carboxylic acids is 1. The molecule has 4 nitrogen and oxygen atoms in total. The number of hydrogen-bond donors (Lipinski definition) is 1. The summed E-state index contributed by atoms with van der Waals surface area (Å²) in [6.07, 6.45) is 16.9. The van der Waals surface area contributed by atoms with E-state index < -0.39 is 17.8 Å². The molecule has 0 spiro atoms. The summed E-state index contributed by atoms with van der Waals surface area (Å²) < 4.78 is 5.28. The summed E-state index contributed by atoms with van der Waals surface area (Å²) in [6, 6.07) is 0. The Hall–Kier alpha value is -1.32. The van der Waals surface area contributed by atoms with Gasteiger partial charge in [0.05, 0.1) is 18.4 Å². The van der Waals surface area contributed by atoms with E-state index in [0.29, 0.717) is 25.9 Å². The average Bonchev–Trinajstić information content (AvgIpc) is 2.59. The molecule has 0 aliphatic heterocycles. The Morgan fingerprint density at radius 1 is 0.958 bits per heavy atom. The Bertz CT molecular complexity index is 389. The summed E-state index contributed by atoms with van der Waals surface area (Å²) in [5.41, 5.74) is 0. The quantitative estimate of drug-likeness (QED) is 0.305. The zero-order chi connectivity index (χ0) is 17.6. The second-order valence-corrected chi connectivity index (χ2v) is 6.82. The maximum Gasteiger partial charge on any atom is 0.309 e. The maximum atomic E-state index is 12.1. The van der Waals surface area contributed by atoms with E-state index in [0.717, 1.165) is 19.3 Å². The largest absolute Gasteiger partial charge is 0.481 e. The molecule has 0 heterocycles. The van der Waals surface area contributed by atoms with Crippen LogP contribution in [0.5, 0.6) is 0 Å². The minimum Gasteiger partial charge on any atom is -0.481 e. The first-order chi connectivity index (χ1) is 11.7. The van der Waals surface area contributed by atoms with Crippen molar-refractivity contribution >= 4 is 11.9 Å². The summed E-state index contributed by atoms with van der Waals surface area (Å²) in [6.45, 7) is 2.58. The second kappa shape index (κ2) is 13.0. The molecular formula is C20H34O4. The Labute approximate surface area is 146 Å². The number of unbranched alkanes of at least 4 members (excludes halogenated alkanes) is 6. The van der Waals surface area contributed by atoms with Crippen molar-refractivity contribution in [2.75, 3.05) is 6.61 Å². The molecule has 0 aromatic rings. The van der Waals surface area contributed by atoms with E-state index in [1.165, 1.54) is 38.5 Å². The third-order valence-corrected chi connectivity index (χ3v) is 4.81. The van der Waals surface area contributed by atoms with E-state index in [4.69, 9.17) is 4.74 Å². The van der Waals surface area contributed by atoms with Crippen molar-refractivity contribution in [2.24, 2.45) is 11.8 Å². The van der Waals surface area contributed by atoms with E-state index in [1.54, 1.807) is 0 Å². The molecule has 2 atom stereocenters. The Kier molecular flexibility index (Phi) is 11.2. The number of rotatable bonds is 12. The fourth-order valence-electron chi connectivity index (χ4n) is 3.32. The lowest BCUT2D eigenvalue weighted by Crippen LogP contribution is -2.33. The molecule has 0 amide bonds. The van der Waals surface area contributed by atoms with E-state index in [2.05, 4.69) is 19.1 Å². The predicted molar refractivity (Wildman–Crippen MR) is 95.8 cm³/mol. The van der Waals surface area contributed by atoms with Crippen molar-refractivity contribution in [3.8, 4) is 0 Å². The van der Waals surface area contributed by atoms with E-state index in [-0.39, 0.29) is 5.97 Å². The van der Waals surface area contributed by atoms with Crippen LogP contribution in [-0.4, -0.2) is 23.7 Å². The molecule has 138 valence electrons. The fraction of sp³-hybridized carbons (Fsp3) is 0.800. The molecule has 1 fully saturated rings. The van der Waals surface area contributed by atoms with Crippen LogP contribution in [0.3, 0.4) is 0 Å². The predicted octanol–water partition coefficient (Wildman–Crippen LogP) is 5.12. The first-order valence-electron chi connectivity index (χ1n) is 9.71. The van der Waals surface area contributed by atoms with Crippen LogP contribution in [0.1, 0.15) is 84.0 Å². The number of aliphatic carboxylic acids is 1. The molecule has 24 heavy (non-hydrogen) atoms. The van der Waals surface area contributed by atoms with Crippen LogP contribution in [-0.2, 0) is 14.3 Å². The van der Waals surface area contributed by atoms with Gasteiger partial charge in [-0.3, -0.25) is 9.59 Å². The zero-order valence-electron chi connectivity index (χ0n) is 15.2. The molecule has 1 rings (SSSR count). The zero-order valence-corrected chi connectivity index (χ0v) is 15.2. The van der Waals surface area contributed by atoms with Crippen LogP contribution in [0.25, 0.3) is 0 Å². The monoisotopic (exact) mass is 338 g/mol. The summed E-state index contributed by atoms with van der Waals surface area (Å²) in [5.74, 6) is -2.21. The SMILES string of the molecule is CCCCCCCC/C=C/CCOC(=O)C1CCCCC1C(=O)O. The van der Waals surface area contributed by atoms with Gasteiger partial charge in [-0.25, -0.2) is 0 Å². The van der Waals surface area contributed by atoms with Gasteiger partial charge in [0.25, 0.3) is 0 Å². The van der Waals surface area contributed by atoms with Gasteiger partial charge in [-0.2, -0.15) is 0 Å². The molecule has 1 aliphatic rings. The lowest BCUT2D eigenvalue weighted by molar-refractivity contribution is -0.159. The van der Waals surface area contributed by atoms with E-state index in [9.17, 15) is 14.7 Å². The Balaban J connectivity index is 2.08. The molecule has 0 aromatic heterocycles. The highest BCUT2D eigenvalue weighted by molar-refractivity contribution is 5.81. The van der Waals surface area contributed by atoms with Gasteiger partial charge in [-0.15, -0.1) is 0 Å². The molecule has 0 aromatic carbocycles. The molecule has 2 unspecified atom stereocenters. The fourth-order valence-corrected chi connectivity index (χ4v) is 3.32. The third kappa shape index (κ3) is 8.51. The summed E-state index contributed by atoms with van der Waals surface area (Å²) in [5, 5.41) is 9.20. The van der Waals surface area contributed by atoms with Gasteiger partial charge in [-0.1, -0.05) is 64.0 Å². The molecule has 1 N–H and O–H groups in total. The number of carboxylic acids is 1. The number of esters is 1. The summed E-state index contributed by atoms with van der Waals surface area (Å²) in [4.78, 5) is 23.3. The first-order valence-corrected chi connectivity index (χ1v) is 9.71. The van der Waals surface area contributed by atoms with Crippen LogP contribution >= 0.6 is 0 Å². The van der Waals surface area contributed by atoms with Gasteiger partial charge in [0.2, 0.25) is 0 Å². The van der Waals surface area contributed by atoms with Crippen molar-refractivity contribution in [1.29, 1.82) is 0 Å². The van der Waals surface area contributed by atoms with Gasteiger partial charge in [0, 0.05) is 0 Å². The number of ether oxygens (including phenoxy) is 1. The number of hydrogen-bond acceptors (Lipinski definition) is 3. The summed E-state index contributed by atoms with van der Waals surface area (Å²) >= 11 is 0. The topological polar surface area (TPSA) is 63.6 Å². The van der Waals surface area contributed by atoms with Gasteiger partial charge >= 0.3 is 11.9 Å². The number of carboxylic acid groups (broad SMARTS) is 1. The average molecular weight is 338 g/mol. The minimum atomic E-state index is -0.865. The molecule has 1 saturated carbocycles. The van der Waals surface area contributed by atoms with Gasteiger partial charge in [0.1, 0.15) is 0 Å². The standard InChI is InChI=1S/C20H34O4/c1-2-3-4-5-6-7-8-9-10-13-16-24-20(23)18-15-12-11-14-17(18)19(21)22/h9-10,17-18H,2-8,11-16H2,1H3,(H,21,22)/b10-9+. The summed E-state index contributed by atoms with van der Waals surface area (Å²) in [7, 11) is 0. The molecule has 0 radical (unpaired) electrons. The minimum absolute atomic E-state index is 0.327. The smallest absolute Gasteiger partial charge is 0.309 e. The lowest BCUT2D eigenvalue weighted by Gasteiger charge is -2.26. The second-order valence-electron chi connectivity index (χ2n) is 6.82. The van der Waals surface area contributed by atoms with Gasteiger partial charge in [-0.05, 0) is 32.1 Å². The van der Waals surface area contributed by atoms with E-state index in [1.807, 2.05) is 0 Å². The Morgan fingerprint density at radius 2 is 1.58 bits per heavy atom. The van der Waals surface area contributed by atoms with Crippen molar-refractivity contribution < 1.29 is 19.4 Å². The van der Waals surface area contributed by atoms with Crippen molar-refractivity contribution in [1.82, 2.24) is 0 Å². The molecule has 4 heteroatoms. The van der Waals surface area contributed by atoms with Crippen LogP contribution in [0.2, 0.25) is 0 Å². The van der Waals surface area contributed by atoms with Crippen LogP contribution in [0.4, 0.5) is 0 Å². The maximum absolute atomic E-state index is 12.1. The van der Waals surface area contributed by atoms with Gasteiger partial charge in [0.15, 0.2) is 0 Å². The van der Waals surface area contributed by atoms with E-state index >= 15 is 0 Å². The van der Waals surface area contributed by atoms with Crippen molar-refractivity contribution in [3.63, 3.8) is 0 Å². The van der Waals surface area contributed by atoms with Crippen molar-refractivity contribution in [3.05, 3.63) is 12.2 Å². The number of allylic oxidation sites excluding steroid dienone is 1. The molecule has 0 saturated heterocycles. The van der Waals surface area contributed by atoms with Crippen LogP contribution in [0.15, 0.2) is 12.2 Å². The molecule has 0 bridgehead atoms. The third-order valence-electron chi connectivity index (χ3n) is 4.81. The van der Waals surface area contributed by atoms with Crippen LogP contribution in [0, 0.1) is 11.8 Å². The lowest BCUT2D eigenvalue weighted by atomic mass is 9.79. The normalized spacial score (nSPS) is 21.0. The highest BCUT2D eigenvalue weighted by Crippen LogP contribution is 2.31. The number of carbonyl (C=O) groups is 2. The Morgan fingerprint density at radius 3 is 2.29 bits per heavy atom.